The number of alkyl carbamates (subject to hydrolysis) is 1. The first-order valence-corrected chi connectivity index (χ1v) is 8.14. The van der Waals surface area contributed by atoms with Gasteiger partial charge in [0.25, 0.3) is 0 Å². The fraction of sp³-hybridized carbons (Fsp3) is 0.211. The van der Waals surface area contributed by atoms with Crippen molar-refractivity contribution in [2.75, 3.05) is 6.61 Å². The maximum Gasteiger partial charge on any atom is 0.408 e. The molecule has 8 heteroatoms. The van der Waals surface area contributed by atoms with Crippen molar-refractivity contribution in [3.63, 3.8) is 0 Å². The van der Waals surface area contributed by atoms with Crippen LogP contribution in [-0.2, 0) is 32.2 Å². The molecule has 1 atom stereocenters. The molecule has 0 saturated carbocycles. The number of primary amides is 1. The third-order valence-corrected chi connectivity index (χ3v) is 3.41. The monoisotopic (exact) mass is 372 g/mol. The highest BCUT2D eigenvalue weighted by Gasteiger charge is 2.24. The van der Waals surface area contributed by atoms with E-state index < -0.39 is 30.8 Å². The van der Waals surface area contributed by atoms with E-state index in [-0.39, 0.29) is 13.2 Å². The molecule has 0 aromatic heterocycles. The van der Waals surface area contributed by atoms with Crippen molar-refractivity contribution >= 4 is 18.2 Å². The smallest absolute Gasteiger partial charge is 0.408 e. The second kappa shape index (κ2) is 10.4. The van der Waals surface area contributed by atoms with Crippen molar-refractivity contribution in [1.29, 1.82) is 0 Å². The number of benzene rings is 2. The highest BCUT2D eigenvalue weighted by molar-refractivity contribution is 5.81. The molecule has 2 rings (SSSR count). The summed E-state index contributed by atoms with van der Waals surface area (Å²) in [7, 11) is 0. The maximum atomic E-state index is 12.2. The first kappa shape index (κ1) is 19.8. The van der Waals surface area contributed by atoms with Crippen LogP contribution in [0.2, 0.25) is 0 Å². The predicted octanol–water partition coefficient (Wildman–Crippen LogP) is 2.12. The van der Waals surface area contributed by atoms with Crippen molar-refractivity contribution in [3.05, 3.63) is 71.8 Å². The summed E-state index contributed by atoms with van der Waals surface area (Å²) in [5.41, 5.74) is 6.47. The Bertz CT molecular complexity index is 751. The molecule has 0 radical (unpaired) electrons. The first-order chi connectivity index (χ1) is 13.0. The molecule has 8 nitrogen and oxygen atoms in total. The van der Waals surface area contributed by atoms with E-state index in [1.807, 2.05) is 12.1 Å². The van der Waals surface area contributed by atoms with Gasteiger partial charge in [0.1, 0.15) is 19.8 Å². The van der Waals surface area contributed by atoms with E-state index >= 15 is 0 Å². The highest BCUT2D eigenvalue weighted by Crippen LogP contribution is 2.04. The Balaban J connectivity index is 1.88. The van der Waals surface area contributed by atoms with Crippen molar-refractivity contribution in [1.82, 2.24) is 5.32 Å². The summed E-state index contributed by atoms with van der Waals surface area (Å²) in [5.74, 6) is -0.781. The Labute approximate surface area is 156 Å². The van der Waals surface area contributed by atoms with Crippen molar-refractivity contribution in [2.24, 2.45) is 5.73 Å². The third kappa shape index (κ3) is 7.47. The lowest BCUT2D eigenvalue weighted by atomic mass is 10.2. The van der Waals surface area contributed by atoms with Crippen LogP contribution in [0.1, 0.15) is 11.1 Å². The summed E-state index contributed by atoms with van der Waals surface area (Å²) in [6, 6.07) is 16.8. The standard InChI is InChI=1S/C19H20N2O6/c20-18(23)26-13-16(17(22)25-11-14-7-3-1-4-8-14)21-19(24)27-12-15-9-5-2-6-10-15/h1-10,16H,11-13H2,(H2,20,23)(H,21,24). The molecule has 2 aromatic carbocycles. The molecular formula is C19H20N2O6. The minimum Gasteiger partial charge on any atom is -0.459 e. The SMILES string of the molecule is NC(=O)OCC(NC(=O)OCc1ccccc1)C(=O)OCc1ccccc1. The Morgan fingerprint density at radius 1 is 0.815 bits per heavy atom. The quantitative estimate of drug-likeness (QED) is 0.541. The number of carbonyl (C=O) groups excluding carboxylic acids is 3. The van der Waals surface area contributed by atoms with Crippen LogP contribution in [0.5, 0.6) is 0 Å². The molecule has 27 heavy (non-hydrogen) atoms. The molecular weight excluding hydrogens is 352 g/mol. The number of hydrogen-bond acceptors (Lipinski definition) is 6. The molecule has 0 bridgehead atoms. The zero-order chi connectivity index (χ0) is 19.5. The summed E-state index contributed by atoms with van der Waals surface area (Å²) >= 11 is 0. The number of amides is 2. The molecule has 0 saturated heterocycles. The largest absolute Gasteiger partial charge is 0.459 e. The van der Waals surface area contributed by atoms with E-state index in [0.29, 0.717) is 0 Å². The number of hydrogen-bond donors (Lipinski definition) is 2. The van der Waals surface area contributed by atoms with Crippen LogP contribution in [0.15, 0.2) is 60.7 Å². The van der Waals surface area contributed by atoms with E-state index in [1.165, 1.54) is 0 Å². The molecule has 0 aliphatic rings. The van der Waals surface area contributed by atoms with Gasteiger partial charge in [0.15, 0.2) is 6.04 Å². The molecule has 0 fully saturated rings. The van der Waals surface area contributed by atoms with Gasteiger partial charge in [-0.2, -0.15) is 0 Å². The minimum absolute atomic E-state index is 0.00743. The highest BCUT2D eigenvalue weighted by atomic mass is 16.6. The van der Waals surface area contributed by atoms with Gasteiger partial charge in [0.05, 0.1) is 0 Å². The molecule has 0 spiro atoms. The fourth-order valence-electron chi connectivity index (χ4n) is 2.07. The lowest BCUT2D eigenvalue weighted by Crippen LogP contribution is -2.45. The van der Waals surface area contributed by atoms with Crippen molar-refractivity contribution < 1.29 is 28.6 Å². The summed E-state index contributed by atoms with van der Waals surface area (Å²) in [6.07, 6.45) is -1.93. The van der Waals surface area contributed by atoms with Crippen LogP contribution in [0.3, 0.4) is 0 Å². The molecule has 2 amide bonds. The van der Waals surface area contributed by atoms with E-state index in [1.54, 1.807) is 48.5 Å². The lowest BCUT2D eigenvalue weighted by molar-refractivity contribution is -0.148. The zero-order valence-corrected chi connectivity index (χ0v) is 14.5. The summed E-state index contributed by atoms with van der Waals surface area (Å²) in [6.45, 7) is -0.438. The Hall–Kier alpha value is -3.55. The van der Waals surface area contributed by atoms with E-state index in [2.05, 4.69) is 10.1 Å². The van der Waals surface area contributed by atoms with Crippen LogP contribution in [0.25, 0.3) is 0 Å². The predicted molar refractivity (Wildman–Crippen MR) is 95.3 cm³/mol. The number of carbonyl (C=O) groups is 3. The number of rotatable bonds is 8. The fourth-order valence-corrected chi connectivity index (χ4v) is 2.07. The van der Waals surface area contributed by atoms with Gasteiger partial charge in [-0.3, -0.25) is 0 Å². The van der Waals surface area contributed by atoms with Crippen LogP contribution >= 0.6 is 0 Å². The Morgan fingerprint density at radius 3 is 1.85 bits per heavy atom. The van der Waals surface area contributed by atoms with Gasteiger partial charge in [-0.15, -0.1) is 0 Å². The minimum atomic E-state index is -1.25. The number of nitrogens with one attached hydrogen (secondary N) is 1. The molecule has 1 unspecified atom stereocenters. The lowest BCUT2D eigenvalue weighted by Gasteiger charge is -2.17. The van der Waals surface area contributed by atoms with Crippen LogP contribution in [0.4, 0.5) is 9.59 Å². The zero-order valence-electron chi connectivity index (χ0n) is 14.5. The summed E-state index contributed by atoms with van der Waals surface area (Å²) in [5, 5.41) is 2.31. The van der Waals surface area contributed by atoms with Crippen molar-refractivity contribution in [3.8, 4) is 0 Å². The Kier molecular flexibility index (Phi) is 7.65. The average molecular weight is 372 g/mol. The second-order valence-electron chi connectivity index (χ2n) is 5.48. The molecule has 3 N–H and O–H groups in total. The second-order valence-corrected chi connectivity index (χ2v) is 5.48. The average Bonchev–Trinajstić information content (AvgIpc) is 2.69. The number of nitrogens with two attached hydrogens (primary N) is 1. The van der Waals surface area contributed by atoms with Crippen LogP contribution < -0.4 is 11.1 Å². The Morgan fingerprint density at radius 2 is 1.33 bits per heavy atom. The molecule has 2 aromatic rings. The molecule has 0 aliphatic carbocycles. The van der Waals surface area contributed by atoms with Gasteiger partial charge in [-0.1, -0.05) is 60.7 Å². The van der Waals surface area contributed by atoms with Crippen LogP contribution in [0, 0.1) is 0 Å². The van der Waals surface area contributed by atoms with Crippen LogP contribution in [-0.4, -0.2) is 30.8 Å². The molecule has 0 aliphatic heterocycles. The van der Waals surface area contributed by atoms with Gasteiger partial charge in [-0.25, -0.2) is 14.4 Å². The first-order valence-electron chi connectivity index (χ1n) is 8.14. The van der Waals surface area contributed by atoms with Gasteiger partial charge in [-0.05, 0) is 11.1 Å². The topological polar surface area (TPSA) is 117 Å². The van der Waals surface area contributed by atoms with Gasteiger partial charge >= 0.3 is 18.2 Å². The molecule has 142 valence electrons. The van der Waals surface area contributed by atoms with Crippen molar-refractivity contribution in [2.45, 2.75) is 19.3 Å². The maximum absolute atomic E-state index is 12.2. The van der Waals surface area contributed by atoms with E-state index in [0.717, 1.165) is 11.1 Å². The summed E-state index contributed by atoms with van der Waals surface area (Å²) in [4.78, 5) is 35.0. The number of ether oxygens (including phenoxy) is 3. The third-order valence-electron chi connectivity index (χ3n) is 3.41. The van der Waals surface area contributed by atoms with E-state index in [4.69, 9.17) is 15.2 Å². The summed E-state index contributed by atoms with van der Waals surface area (Å²) < 4.78 is 14.8. The van der Waals surface area contributed by atoms with Gasteiger partial charge in [0, 0.05) is 0 Å². The normalized spacial score (nSPS) is 11.1. The number of esters is 1. The molecule has 0 heterocycles. The van der Waals surface area contributed by atoms with Gasteiger partial charge in [0.2, 0.25) is 0 Å². The van der Waals surface area contributed by atoms with Gasteiger partial charge < -0.3 is 25.3 Å². The van der Waals surface area contributed by atoms with E-state index in [9.17, 15) is 14.4 Å².